The standard InChI is InChI=1S/C16H28N2O/c1-5-7-8-9-18(13(3)4)16-11-14(12-19)10-15(6-2)17-16/h10-11,13,19H,5-9,12H2,1-4H3. The summed E-state index contributed by atoms with van der Waals surface area (Å²) in [7, 11) is 0. The SMILES string of the molecule is CCCCCN(c1cc(CO)cc(CC)n1)C(C)C. The fraction of sp³-hybridized carbons (Fsp3) is 0.688. The number of nitrogens with zero attached hydrogens (tertiary/aromatic N) is 2. The Kier molecular flexibility index (Phi) is 6.85. The highest BCUT2D eigenvalue weighted by molar-refractivity contribution is 5.43. The van der Waals surface area contributed by atoms with Gasteiger partial charge in [-0.1, -0.05) is 26.7 Å². The van der Waals surface area contributed by atoms with Gasteiger partial charge in [-0.25, -0.2) is 4.98 Å². The lowest BCUT2D eigenvalue weighted by atomic mass is 10.1. The first-order valence-electron chi connectivity index (χ1n) is 7.49. The molecule has 108 valence electrons. The van der Waals surface area contributed by atoms with E-state index >= 15 is 0 Å². The van der Waals surface area contributed by atoms with Gasteiger partial charge < -0.3 is 10.0 Å². The Labute approximate surface area is 117 Å². The summed E-state index contributed by atoms with van der Waals surface area (Å²) < 4.78 is 0. The second-order valence-electron chi connectivity index (χ2n) is 5.33. The van der Waals surface area contributed by atoms with Crippen LogP contribution in [0.15, 0.2) is 12.1 Å². The summed E-state index contributed by atoms with van der Waals surface area (Å²) in [4.78, 5) is 7.06. The maximum Gasteiger partial charge on any atom is 0.129 e. The summed E-state index contributed by atoms with van der Waals surface area (Å²) in [5.41, 5.74) is 2.02. The third kappa shape index (κ3) is 4.83. The zero-order valence-corrected chi connectivity index (χ0v) is 12.8. The number of rotatable bonds is 8. The molecule has 0 aliphatic rings. The van der Waals surface area contributed by atoms with Crippen molar-refractivity contribution in [2.45, 2.75) is 66.0 Å². The van der Waals surface area contributed by atoms with E-state index in [1.54, 1.807) is 0 Å². The van der Waals surface area contributed by atoms with Crippen molar-refractivity contribution in [3.63, 3.8) is 0 Å². The number of hydrogen-bond donors (Lipinski definition) is 1. The number of hydrogen-bond acceptors (Lipinski definition) is 3. The molecular weight excluding hydrogens is 236 g/mol. The van der Waals surface area contributed by atoms with Crippen LogP contribution in [0.3, 0.4) is 0 Å². The van der Waals surface area contributed by atoms with Gasteiger partial charge in [0.25, 0.3) is 0 Å². The molecular formula is C16H28N2O. The van der Waals surface area contributed by atoms with Crippen molar-refractivity contribution in [1.29, 1.82) is 0 Å². The van der Waals surface area contributed by atoms with Crippen molar-refractivity contribution >= 4 is 5.82 Å². The van der Waals surface area contributed by atoms with E-state index in [4.69, 9.17) is 4.98 Å². The van der Waals surface area contributed by atoms with Crippen molar-refractivity contribution < 1.29 is 5.11 Å². The number of aliphatic hydroxyl groups excluding tert-OH is 1. The summed E-state index contributed by atoms with van der Waals surface area (Å²) >= 11 is 0. The summed E-state index contributed by atoms with van der Waals surface area (Å²) in [5.74, 6) is 1.01. The van der Waals surface area contributed by atoms with Crippen LogP contribution in [0.5, 0.6) is 0 Å². The summed E-state index contributed by atoms with van der Waals surface area (Å²) in [6.45, 7) is 9.85. The number of anilines is 1. The molecule has 0 unspecified atom stereocenters. The number of unbranched alkanes of at least 4 members (excludes halogenated alkanes) is 2. The van der Waals surface area contributed by atoms with Gasteiger partial charge in [-0.2, -0.15) is 0 Å². The van der Waals surface area contributed by atoms with Crippen LogP contribution < -0.4 is 4.90 Å². The quantitative estimate of drug-likeness (QED) is 0.730. The van der Waals surface area contributed by atoms with Gasteiger partial charge in [0, 0.05) is 18.3 Å². The van der Waals surface area contributed by atoms with Crippen LogP contribution in [0, 0.1) is 0 Å². The van der Waals surface area contributed by atoms with Crippen LogP contribution in [0.2, 0.25) is 0 Å². The molecule has 1 heterocycles. The maximum atomic E-state index is 9.37. The Morgan fingerprint density at radius 2 is 1.95 bits per heavy atom. The van der Waals surface area contributed by atoms with Gasteiger partial charge in [0.15, 0.2) is 0 Å². The molecule has 0 aliphatic heterocycles. The second-order valence-corrected chi connectivity index (χ2v) is 5.33. The largest absolute Gasteiger partial charge is 0.392 e. The molecule has 0 bridgehead atoms. The van der Waals surface area contributed by atoms with Gasteiger partial charge in [-0.15, -0.1) is 0 Å². The molecule has 1 rings (SSSR count). The smallest absolute Gasteiger partial charge is 0.129 e. The van der Waals surface area contributed by atoms with E-state index in [9.17, 15) is 5.11 Å². The predicted molar refractivity (Wildman–Crippen MR) is 81.5 cm³/mol. The molecule has 3 nitrogen and oxygen atoms in total. The van der Waals surface area contributed by atoms with E-state index in [-0.39, 0.29) is 6.61 Å². The van der Waals surface area contributed by atoms with Crippen LogP contribution in [-0.4, -0.2) is 22.7 Å². The molecule has 0 amide bonds. The molecule has 0 atom stereocenters. The molecule has 0 radical (unpaired) electrons. The van der Waals surface area contributed by atoms with Gasteiger partial charge in [0.05, 0.1) is 6.61 Å². The number of aryl methyl sites for hydroxylation is 1. The molecule has 0 spiro atoms. The van der Waals surface area contributed by atoms with Crippen molar-refractivity contribution in [3.8, 4) is 0 Å². The Bertz CT molecular complexity index is 355. The first-order chi connectivity index (χ1) is 9.12. The van der Waals surface area contributed by atoms with Crippen LogP contribution in [0.4, 0.5) is 5.82 Å². The molecule has 0 saturated carbocycles. The highest BCUT2D eigenvalue weighted by Gasteiger charge is 2.13. The van der Waals surface area contributed by atoms with Gasteiger partial charge in [0.2, 0.25) is 0 Å². The minimum Gasteiger partial charge on any atom is -0.392 e. The zero-order valence-electron chi connectivity index (χ0n) is 12.8. The molecule has 0 aliphatic carbocycles. The van der Waals surface area contributed by atoms with E-state index in [0.717, 1.165) is 30.0 Å². The minimum atomic E-state index is 0.0867. The molecule has 19 heavy (non-hydrogen) atoms. The molecule has 0 aromatic carbocycles. The monoisotopic (exact) mass is 264 g/mol. The van der Waals surface area contributed by atoms with E-state index in [1.165, 1.54) is 19.3 Å². The number of aromatic nitrogens is 1. The normalized spacial score (nSPS) is 11.1. The van der Waals surface area contributed by atoms with Gasteiger partial charge in [0.1, 0.15) is 5.82 Å². The van der Waals surface area contributed by atoms with Crippen LogP contribution in [0.25, 0.3) is 0 Å². The Balaban J connectivity index is 2.93. The van der Waals surface area contributed by atoms with Crippen molar-refractivity contribution in [2.75, 3.05) is 11.4 Å². The molecule has 1 aromatic rings. The molecule has 1 aromatic heterocycles. The molecule has 1 N–H and O–H groups in total. The highest BCUT2D eigenvalue weighted by atomic mass is 16.3. The third-order valence-corrected chi connectivity index (χ3v) is 3.39. The lowest BCUT2D eigenvalue weighted by molar-refractivity contribution is 0.281. The number of aliphatic hydroxyl groups is 1. The fourth-order valence-electron chi connectivity index (χ4n) is 2.22. The van der Waals surface area contributed by atoms with Crippen LogP contribution in [-0.2, 0) is 13.0 Å². The first-order valence-corrected chi connectivity index (χ1v) is 7.49. The Hall–Kier alpha value is -1.09. The topological polar surface area (TPSA) is 36.4 Å². The Morgan fingerprint density at radius 3 is 2.47 bits per heavy atom. The van der Waals surface area contributed by atoms with E-state index in [2.05, 4.69) is 32.6 Å². The predicted octanol–water partition coefficient (Wildman–Crippen LogP) is 3.54. The summed E-state index contributed by atoms with van der Waals surface area (Å²) in [5, 5.41) is 9.37. The van der Waals surface area contributed by atoms with E-state index in [1.807, 2.05) is 12.1 Å². The molecule has 3 heteroatoms. The summed E-state index contributed by atoms with van der Waals surface area (Å²) in [6.07, 6.45) is 4.59. The minimum absolute atomic E-state index is 0.0867. The van der Waals surface area contributed by atoms with Crippen molar-refractivity contribution in [2.24, 2.45) is 0 Å². The Morgan fingerprint density at radius 1 is 1.21 bits per heavy atom. The van der Waals surface area contributed by atoms with Gasteiger partial charge in [-0.05, 0) is 44.4 Å². The van der Waals surface area contributed by atoms with Crippen molar-refractivity contribution in [3.05, 3.63) is 23.4 Å². The first kappa shape index (κ1) is 16.0. The maximum absolute atomic E-state index is 9.37. The van der Waals surface area contributed by atoms with Crippen molar-refractivity contribution in [1.82, 2.24) is 4.98 Å². The van der Waals surface area contributed by atoms with Gasteiger partial charge in [-0.3, -0.25) is 0 Å². The second kappa shape index (κ2) is 8.16. The average molecular weight is 264 g/mol. The van der Waals surface area contributed by atoms with E-state index < -0.39 is 0 Å². The lowest BCUT2D eigenvalue weighted by Gasteiger charge is -2.28. The lowest BCUT2D eigenvalue weighted by Crippen LogP contribution is -2.32. The molecule has 0 saturated heterocycles. The molecule has 0 fully saturated rings. The van der Waals surface area contributed by atoms with Crippen LogP contribution in [0.1, 0.15) is 58.2 Å². The average Bonchev–Trinajstić information content (AvgIpc) is 2.42. The van der Waals surface area contributed by atoms with Gasteiger partial charge >= 0.3 is 0 Å². The number of pyridine rings is 1. The van der Waals surface area contributed by atoms with E-state index in [0.29, 0.717) is 6.04 Å². The summed E-state index contributed by atoms with van der Waals surface area (Å²) in [6, 6.07) is 4.45. The zero-order chi connectivity index (χ0) is 14.3. The fourth-order valence-corrected chi connectivity index (χ4v) is 2.22. The third-order valence-electron chi connectivity index (χ3n) is 3.39. The van der Waals surface area contributed by atoms with Crippen LogP contribution >= 0.6 is 0 Å². The highest BCUT2D eigenvalue weighted by Crippen LogP contribution is 2.19.